The lowest BCUT2D eigenvalue weighted by atomic mass is 9.85. The summed E-state index contributed by atoms with van der Waals surface area (Å²) < 4.78 is 10.7. The highest BCUT2D eigenvalue weighted by molar-refractivity contribution is 6.30. The number of carbonyl (C=O) groups excluding carboxylic acids is 2. The van der Waals surface area contributed by atoms with E-state index in [2.05, 4.69) is 0 Å². The minimum Gasteiger partial charge on any atom is -0.484 e. The summed E-state index contributed by atoms with van der Waals surface area (Å²) in [4.78, 5) is 29.5. The fraction of sp³-hybridized carbons (Fsp3) is 0.579. The molecule has 2 aliphatic rings. The van der Waals surface area contributed by atoms with Crippen molar-refractivity contribution in [1.29, 1.82) is 0 Å². The molecule has 1 atom stereocenters. The third kappa shape index (κ3) is 3.81. The van der Waals surface area contributed by atoms with Gasteiger partial charge in [0.1, 0.15) is 11.3 Å². The maximum Gasteiger partial charge on any atom is 0.261 e. The molecule has 2 heterocycles. The van der Waals surface area contributed by atoms with Crippen LogP contribution in [0.2, 0.25) is 5.02 Å². The lowest BCUT2D eigenvalue weighted by molar-refractivity contribution is -0.156. The molecule has 1 aromatic rings. The number of carbonyl (C=O) groups is 2. The van der Waals surface area contributed by atoms with E-state index in [0.29, 0.717) is 30.5 Å². The van der Waals surface area contributed by atoms with Crippen LogP contribution in [0.5, 0.6) is 5.75 Å². The van der Waals surface area contributed by atoms with Gasteiger partial charge in [-0.1, -0.05) is 17.7 Å². The van der Waals surface area contributed by atoms with Crippen LogP contribution in [0, 0.1) is 0 Å². The van der Waals surface area contributed by atoms with Crippen LogP contribution in [0.4, 0.5) is 0 Å². The Hall–Kier alpha value is -1.79. The van der Waals surface area contributed by atoms with E-state index in [1.165, 1.54) is 0 Å². The van der Waals surface area contributed by atoms with Gasteiger partial charge in [0.25, 0.3) is 5.91 Å². The highest BCUT2D eigenvalue weighted by atomic mass is 35.5. The van der Waals surface area contributed by atoms with Gasteiger partial charge in [-0.3, -0.25) is 9.59 Å². The summed E-state index contributed by atoms with van der Waals surface area (Å²) >= 11 is 5.94. The molecule has 0 bridgehead atoms. The van der Waals surface area contributed by atoms with Crippen molar-refractivity contribution in [2.75, 3.05) is 40.0 Å². The van der Waals surface area contributed by atoms with Crippen LogP contribution in [0.3, 0.4) is 0 Å². The Morgan fingerprint density at radius 2 is 2.04 bits per heavy atom. The average Bonchev–Trinajstić information content (AvgIpc) is 3.06. The Morgan fingerprint density at radius 1 is 1.27 bits per heavy atom. The van der Waals surface area contributed by atoms with E-state index in [1.807, 2.05) is 4.90 Å². The number of piperidine rings is 1. The molecule has 3 rings (SSSR count). The summed E-state index contributed by atoms with van der Waals surface area (Å²) in [5.41, 5.74) is -0.708. The monoisotopic (exact) mass is 380 g/mol. The topological polar surface area (TPSA) is 59.1 Å². The van der Waals surface area contributed by atoms with Crippen LogP contribution in [-0.2, 0) is 14.3 Å². The number of nitrogens with zero attached hydrogens (tertiary/aromatic N) is 2. The predicted octanol–water partition coefficient (Wildman–Crippen LogP) is 2.35. The second kappa shape index (κ2) is 8.27. The minimum absolute atomic E-state index is 0.0504. The molecule has 0 N–H and O–H groups in total. The van der Waals surface area contributed by atoms with E-state index < -0.39 is 5.54 Å². The van der Waals surface area contributed by atoms with Crippen molar-refractivity contribution < 1.29 is 19.1 Å². The molecule has 0 aliphatic carbocycles. The maximum absolute atomic E-state index is 13.1. The van der Waals surface area contributed by atoms with Crippen LogP contribution in [-0.4, -0.2) is 67.1 Å². The van der Waals surface area contributed by atoms with E-state index in [-0.39, 0.29) is 18.4 Å². The summed E-state index contributed by atoms with van der Waals surface area (Å²) in [5.74, 6) is 0.453. The highest BCUT2D eigenvalue weighted by Gasteiger charge is 2.52. The number of methoxy groups -OCH3 is 1. The Kier molecular flexibility index (Phi) is 6.04. The predicted molar refractivity (Wildman–Crippen MR) is 98.3 cm³/mol. The van der Waals surface area contributed by atoms with E-state index in [4.69, 9.17) is 21.1 Å². The standard InChI is InChI=1S/C19H25ClN2O4/c1-25-12-11-21-9-3-7-19(18(21)24)8-4-10-22(19)17(23)14-26-16-6-2-5-15(20)13-16/h2,5-6,13H,3-4,7-12,14H2,1H3. The Labute approximate surface area is 159 Å². The van der Waals surface area contributed by atoms with Gasteiger partial charge in [-0.05, 0) is 43.9 Å². The number of amides is 2. The van der Waals surface area contributed by atoms with Crippen molar-refractivity contribution in [3.8, 4) is 5.75 Å². The molecule has 1 aromatic carbocycles. The van der Waals surface area contributed by atoms with Gasteiger partial charge in [0.05, 0.1) is 6.61 Å². The number of benzene rings is 1. The molecule has 6 nitrogen and oxygen atoms in total. The first-order chi connectivity index (χ1) is 12.6. The third-order valence-electron chi connectivity index (χ3n) is 5.22. The molecule has 2 fully saturated rings. The minimum atomic E-state index is -0.708. The smallest absolute Gasteiger partial charge is 0.261 e. The zero-order valence-electron chi connectivity index (χ0n) is 15.1. The average molecular weight is 381 g/mol. The highest BCUT2D eigenvalue weighted by Crippen LogP contribution is 2.38. The number of halogens is 1. The molecule has 2 saturated heterocycles. The molecule has 0 radical (unpaired) electrons. The molecular formula is C19H25ClN2O4. The van der Waals surface area contributed by atoms with Crippen molar-refractivity contribution in [1.82, 2.24) is 9.80 Å². The molecule has 7 heteroatoms. The summed E-state index contributed by atoms with van der Waals surface area (Å²) in [5, 5.41) is 0.559. The molecular weight excluding hydrogens is 356 g/mol. The summed E-state index contributed by atoms with van der Waals surface area (Å²) in [6, 6.07) is 6.96. The van der Waals surface area contributed by atoms with Crippen molar-refractivity contribution in [2.45, 2.75) is 31.2 Å². The second-order valence-electron chi connectivity index (χ2n) is 6.82. The van der Waals surface area contributed by atoms with E-state index in [1.54, 1.807) is 36.3 Å². The zero-order valence-corrected chi connectivity index (χ0v) is 15.8. The molecule has 1 spiro atoms. The first kappa shape index (κ1) is 19.0. The van der Waals surface area contributed by atoms with Crippen LogP contribution in [0.1, 0.15) is 25.7 Å². The SMILES string of the molecule is COCCN1CCCC2(CCCN2C(=O)COc2cccc(Cl)c2)C1=O. The molecule has 0 saturated carbocycles. The van der Waals surface area contributed by atoms with Crippen LogP contribution in [0.15, 0.2) is 24.3 Å². The van der Waals surface area contributed by atoms with Gasteiger partial charge < -0.3 is 19.3 Å². The maximum atomic E-state index is 13.1. The molecule has 0 aromatic heterocycles. The summed E-state index contributed by atoms with van der Waals surface area (Å²) in [7, 11) is 1.63. The van der Waals surface area contributed by atoms with E-state index >= 15 is 0 Å². The number of hydrogen-bond donors (Lipinski definition) is 0. The van der Waals surface area contributed by atoms with Crippen molar-refractivity contribution >= 4 is 23.4 Å². The van der Waals surface area contributed by atoms with Crippen LogP contribution in [0.25, 0.3) is 0 Å². The summed E-state index contributed by atoms with van der Waals surface area (Å²) in [6.07, 6.45) is 3.18. The van der Waals surface area contributed by atoms with Gasteiger partial charge in [0.15, 0.2) is 6.61 Å². The zero-order chi connectivity index (χ0) is 18.6. The van der Waals surface area contributed by atoms with Crippen molar-refractivity contribution in [3.05, 3.63) is 29.3 Å². The Bertz CT molecular complexity index is 669. The number of rotatable bonds is 6. The van der Waals surface area contributed by atoms with Gasteiger partial charge in [-0.2, -0.15) is 0 Å². The summed E-state index contributed by atoms with van der Waals surface area (Å²) in [6.45, 7) is 2.31. The molecule has 26 heavy (non-hydrogen) atoms. The van der Waals surface area contributed by atoms with Gasteiger partial charge in [-0.25, -0.2) is 0 Å². The van der Waals surface area contributed by atoms with Crippen molar-refractivity contribution in [3.63, 3.8) is 0 Å². The largest absolute Gasteiger partial charge is 0.484 e. The lowest BCUT2D eigenvalue weighted by Crippen LogP contribution is -2.62. The fourth-order valence-corrected chi connectivity index (χ4v) is 4.16. The molecule has 2 amide bonds. The molecule has 2 aliphatic heterocycles. The number of ether oxygens (including phenoxy) is 2. The van der Waals surface area contributed by atoms with Gasteiger partial charge >= 0.3 is 0 Å². The van der Waals surface area contributed by atoms with E-state index in [9.17, 15) is 9.59 Å². The number of hydrogen-bond acceptors (Lipinski definition) is 4. The molecule has 142 valence electrons. The van der Waals surface area contributed by atoms with Gasteiger partial charge in [0, 0.05) is 31.8 Å². The first-order valence-corrected chi connectivity index (χ1v) is 9.42. The fourth-order valence-electron chi connectivity index (χ4n) is 3.98. The second-order valence-corrected chi connectivity index (χ2v) is 7.25. The van der Waals surface area contributed by atoms with Crippen LogP contribution < -0.4 is 4.74 Å². The normalized spacial score (nSPS) is 22.9. The van der Waals surface area contributed by atoms with Crippen LogP contribution >= 0.6 is 11.6 Å². The Morgan fingerprint density at radius 3 is 2.77 bits per heavy atom. The first-order valence-electron chi connectivity index (χ1n) is 9.04. The third-order valence-corrected chi connectivity index (χ3v) is 5.45. The quantitative estimate of drug-likeness (QED) is 0.760. The lowest BCUT2D eigenvalue weighted by Gasteiger charge is -2.44. The Balaban J connectivity index is 1.68. The van der Waals surface area contributed by atoms with Gasteiger partial charge in [-0.15, -0.1) is 0 Å². The molecule has 1 unspecified atom stereocenters. The number of likely N-dealkylation sites (tertiary alicyclic amines) is 2. The van der Waals surface area contributed by atoms with Gasteiger partial charge in [0.2, 0.25) is 5.91 Å². The van der Waals surface area contributed by atoms with E-state index in [0.717, 1.165) is 32.2 Å². The van der Waals surface area contributed by atoms with Crippen molar-refractivity contribution in [2.24, 2.45) is 0 Å².